The number of likely N-dealkylation sites (N-methyl/N-ethyl adjacent to an activating group) is 1. The zero-order valence-corrected chi connectivity index (χ0v) is 19.8. The first-order valence-corrected chi connectivity index (χ1v) is 11.6. The van der Waals surface area contributed by atoms with Crippen molar-refractivity contribution < 1.29 is 27.1 Å². The summed E-state index contributed by atoms with van der Waals surface area (Å²) >= 11 is 0. The molecule has 2 heterocycles. The van der Waals surface area contributed by atoms with E-state index in [-0.39, 0.29) is 35.9 Å². The van der Waals surface area contributed by atoms with Gasteiger partial charge in [-0.25, -0.2) is 13.2 Å². The van der Waals surface area contributed by atoms with Gasteiger partial charge in [0, 0.05) is 31.3 Å². The molecule has 1 atom stereocenters. The molecule has 4 rings (SSSR count). The Hall–Kier alpha value is -3.26. The van der Waals surface area contributed by atoms with Crippen molar-refractivity contribution in [3.05, 3.63) is 89.1 Å². The number of piperidine rings is 1. The molecule has 1 aliphatic rings. The summed E-state index contributed by atoms with van der Waals surface area (Å²) in [6.45, 7) is 1.85. The van der Waals surface area contributed by atoms with Crippen LogP contribution in [0.3, 0.4) is 0 Å². The summed E-state index contributed by atoms with van der Waals surface area (Å²) in [4.78, 5) is 16.8. The predicted molar refractivity (Wildman–Crippen MR) is 126 cm³/mol. The molecule has 0 N–H and O–H groups in total. The van der Waals surface area contributed by atoms with E-state index in [4.69, 9.17) is 9.15 Å². The topological polar surface area (TPSA) is 45.9 Å². The highest BCUT2D eigenvalue weighted by molar-refractivity contribution is 5.91. The van der Waals surface area contributed by atoms with Gasteiger partial charge < -0.3 is 14.1 Å². The Morgan fingerprint density at radius 3 is 2.51 bits per heavy atom. The minimum absolute atomic E-state index is 0.0785. The fourth-order valence-corrected chi connectivity index (χ4v) is 4.79. The molecule has 3 aromatic rings. The summed E-state index contributed by atoms with van der Waals surface area (Å²) in [6.07, 6.45) is 3.18. The summed E-state index contributed by atoms with van der Waals surface area (Å²) in [7, 11) is 3.24. The van der Waals surface area contributed by atoms with E-state index >= 15 is 0 Å². The number of nitrogens with zero attached hydrogens (tertiary/aromatic N) is 2. The van der Waals surface area contributed by atoms with Crippen LogP contribution in [0.2, 0.25) is 0 Å². The molecular formula is C27H29F3N2O3. The van der Waals surface area contributed by atoms with Gasteiger partial charge in [0.1, 0.15) is 23.2 Å². The largest absolute Gasteiger partial charge is 0.497 e. The van der Waals surface area contributed by atoms with Crippen LogP contribution < -0.4 is 4.74 Å². The van der Waals surface area contributed by atoms with Crippen molar-refractivity contribution in [1.29, 1.82) is 0 Å². The summed E-state index contributed by atoms with van der Waals surface area (Å²) in [5.74, 6) is -0.932. The van der Waals surface area contributed by atoms with Crippen molar-refractivity contribution in [2.45, 2.75) is 31.8 Å². The third-order valence-electron chi connectivity index (χ3n) is 6.82. The molecule has 0 aliphatic carbocycles. The zero-order valence-electron chi connectivity index (χ0n) is 19.8. The average Bonchev–Trinajstić information content (AvgIpc) is 3.40. The first-order valence-electron chi connectivity index (χ1n) is 11.6. The number of carbonyl (C=O) groups excluding carboxylic acids is 1. The second kappa shape index (κ2) is 11.0. The van der Waals surface area contributed by atoms with Gasteiger partial charge in [0.25, 0.3) is 5.91 Å². The van der Waals surface area contributed by atoms with Gasteiger partial charge >= 0.3 is 0 Å². The van der Waals surface area contributed by atoms with E-state index in [0.717, 1.165) is 18.9 Å². The van der Waals surface area contributed by atoms with Crippen LogP contribution >= 0.6 is 0 Å². The van der Waals surface area contributed by atoms with Crippen LogP contribution in [0.15, 0.2) is 59.2 Å². The molecule has 0 saturated carbocycles. The number of methoxy groups -OCH3 is 1. The number of likely N-dealkylation sites (tertiary alicyclic amines) is 1. The highest BCUT2D eigenvalue weighted by Crippen LogP contribution is 2.29. The van der Waals surface area contributed by atoms with E-state index in [1.807, 2.05) is 0 Å². The number of rotatable bonds is 8. The standard InChI is InChI=1S/C27H29F3N2O3/c1-31(27(33)26-4-3-13-35-26)25(15-19-5-6-21(28)16-24(19)30)18-9-11-32(12-10-18)17-20-14-22(34-2)7-8-23(20)29/h3-8,13-14,16,18,25H,9-12,15,17H2,1-2H3. The Morgan fingerprint density at radius 2 is 1.86 bits per heavy atom. The fourth-order valence-electron chi connectivity index (χ4n) is 4.79. The van der Waals surface area contributed by atoms with Crippen LogP contribution in [0.5, 0.6) is 5.75 Å². The number of hydrogen-bond acceptors (Lipinski definition) is 4. The number of hydrogen-bond donors (Lipinski definition) is 0. The lowest BCUT2D eigenvalue weighted by Crippen LogP contribution is -2.47. The van der Waals surface area contributed by atoms with E-state index in [9.17, 15) is 18.0 Å². The lowest BCUT2D eigenvalue weighted by molar-refractivity contribution is 0.0553. The maximum atomic E-state index is 14.5. The molecular weight excluding hydrogens is 457 g/mol. The Morgan fingerprint density at radius 1 is 1.09 bits per heavy atom. The van der Waals surface area contributed by atoms with Crippen molar-refractivity contribution >= 4 is 5.91 Å². The van der Waals surface area contributed by atoms with Crippen LogP contribution in [0.25, 0.3) is 0 Å². The number of benzene rings is 2. The van der Waals surface area contributed by atoms with Gasteiger partial charge in [-0.15, -0.1) is 0 Å². The Bertz CT molecular complexity index is 1140. The van der Waals surface area contributed by atoms with Crippen LogP contribution in [0.4, 0.5) is 13.2 Å². The van der Waals surface area contributed by atoms with Crippen molar-refractivity contribution in [1.82, 2.24) is 9.80 Å². The summed E-state index contributed by atoms with van der Waals surface area (Å²) in [5.41, 5.74) is 0.925. The number of carbonyl (C=O) groups is 1. The second-order valence-corrected chi connectivity index (χ2v) is 8.97. The zero-order chi connectivity index (χ0) is 24.9. The number of amides is 1. The van der Waals surface area contributed by atoms with Crippen LogP contribution in [-0.4, -0.2) is 49.0 Å². The molecule has 35 heavy (non-hydrogen) atoms. The molecule has 186 valence electrons. The molecule has 8 heteroatoms. The third kappa shape index (κ3) is 5.88. The Balaban J connectivity index is 1.49. The Labute approximate surface area is 203 Å². The van der Waals surface area contributed by atoms with Gasteiger partial charge in [-0.3, -0.25) is 9.69 Å². The Kier molecular flexibility index (Phi) is 7.80. The maximum absolute atomic E-state index is 14.5. The lowest BCUT2D eigenvalue weighted by atomic mass is 9.84. The third-order valence-corrected chi connectivity index (χ3v) is 6.82. The highest BCUT2D eigenvalue weighted by atomic mass is 19.1. The predicted octanol–water partition coefficient (Wildman–Crippen LogP) is 5.30. The molecule has 1 saturated heterocycles. The van der Waals surface area contributed by atoms with Crippen molar-refractivity contribution in [3.8, 4) is 5.75 Å². The second-order valence-electron chi connectivity index (χ2n) is 8.97. The van der Waals surface area contributed by atoms with Crippen LogP contribution in [0.1, 0.15) is 34.5 Å². The first kappa shape index (κ1) is 24.9. The minimum Gasteiger partial charge on any atom is -0.497 e. The molecule has 2 aromatic carbocycles. The highest BCUT2D eigenvalue weighted by Gasteiger charge is 2.33. The number of halogens is 3. The van der Waals surface area contributed by atoms with Gasteiger partial charge in [-0.1, -0.05) is 6.07 Å². The molecule has 1 aromatic heterocycles. The van der Waals surface area contributed by atoms with Gasteiger partial charge in [-0.2, -0.15) is 0 Å². The fraction of sp³-hybridized carbons (Fsp3) is 0.370. The van der Waals surface area contributed by atoms with E-state index < -0.39 is 11.6 Å². The average molecular weight is 487 g/mol. The van der Waals surface area contributed by atoms with E-state index in [2.05, 4.69) is 4.90 Å². The van der Waals surface area contributed by atoms with Crippen molar-refractivity contribution in [3.63, 3.8) is 0 Å². The summed E-state index contributed by atoms with van der Waals surface area (Å²) < 4.78 is 52.8. The van der Waals surface area contributed by atoms with E-state index in [0.29, 0.717) is 36.5 Å². The monoisotopic (exact) mass is 486 g/mol. The molecule has 1 fully saturated rings. The van der Waals surface area contributed by atoms with Gasteiger partial charge in [0.15, 0.2) is 5.76 Å². The molecule has 0 spiro atoms. The van der Waals surface area contributed by atoms with Gasteiger partial charge in [-0.05, 0) is 80.2 Å². The molecule has 0 radical (unpaired) electrons. The smallest absolute Gasteiger partial charge is 0.289 e. The maximum Gasteiger partial charge on any atom is 0.289 e. The van der Waals surface area contributed by atoms with Crippen molar-refractivity contribution in [2.75, 3.05) is 27.2 Å². The minimum atomic E-state index is -0.638. The van der Waals surface area contributed by atoms with Crippen LogP contribution in [0, 0.1) is 23.4 Å². The van der Waals surface area contributed by atoms with E-state index in [1.54, 1.807) is 43.3 Å². The molecule has 0 bridgehead atoms. The summed E-state index contributed by atoms with van der Waals surface area (Å²) in [6, 6.07) is 11.2. The first-order chi connectivity index (χ1) is 16.9. The normalized spacial score (nSPS) is 15.7. The van der Waals surface area contributed by atoms with E-state index in [1.165, 1.54) is 24.5 Å². The molecule has 1 unspecified atom stereocenters. The quantitative estimate of drug-likeness (QED) is 0.434. The summed E-state index contributed by atoms with van der Waals surface area (Å²) in [5, 5.41) is 0. The molecule has 1 amide bonds. The molecule has 5 nitrogen and oxygen atoms in total. The lowest BCUT2D eigenvalue weighted by Gasteiger charge is -2.40. The number of furan rings is 1. The SMILES string of the molecule is COc1ccc(F)c(CN2CCC(C(Cc3ccc(F)cc3F)N(C)C(=O)c3ccco3)CC2)c1. The van der Waals surface area contributed by atoms with Gasteiger partial charge in [0.2, 0.25) is 0 Å². The van der Waals surface area contributed by atoms with Gasteiger partial charge in [0.05, 0.1) is 13.4 Å². The van der Waals surface area contributed by atoms with Crippen molar-refractivity contribution in [2.24, 2.45) is 5.92 Å². The van der Waals surface area contributed by atoms with Crippen LogP contribution in [-0.2, 0) is 13.0 Å². The molecule has 1 aliphatic heterocycles. The number of ether oxygens (including phenoxy) is 1.